The van der Waals surface area contributed by atoms with Gasteiger partial charge in [0, 0.05) is 25.8 Å². The van der Waals surface area contributed by atoms with E-state index in [0.717, 1.165) is 37.1 Å². The summed E-state index contributed by atoms with van der Waals surface area (Å²) in [6.07, 6.45) is 4.92. The van der Waals surface area contributed by atoms with Crippen LogP contribution in [0, 0.1) is 0 Å². The van der Waals surface area contributed by atoms with Gasteiger partial charge in [-0.2, -0.15) is 0 Å². The lowest BCUT2D eigenvalue weighted by Gasteiger charge is -2.35. The molecule has 1 saturated carbocycles. The Balaban J connectivity index is 2.16. The van der Waals surface area contributed by atoms with Crippen molar-refractivity contribution < 1.29 is 5.11 Å². The number of anilines is 1. The van der Waals surface area contributed by atoms with E-state index in [9.17, 15) is 5.11 Å². The van der Waals surface area contributed by atoms with E-state index in [1.54, 1.807) is 0 Å². The van der Waals surface area contributed by atoms with Gasteiger partial charge in [-0.1, -0.05) is 6.07 Å². The van der Waals surface area contributed by atoms with Gasteiger partial charge in [-0.05, 0) is 37.3 Å². The molecule has 1 aliphatic carbocycles. The Labute approximate surface area is 102 Å². The predicted molar refractivity (Wildman–Crippen MR) is 68.9 cm³/mol. The third-order valence-electron chi connectivity index (χ3n) is 3.63. The van der Waals surface area contributed by atoms with E-state index in [4.69, 9.17) is 5.73 Å². The highest BCUT2D eigenvalue weighted by Gasteiger charge is 2.32. The number of nitrogens with zero attached hydrogens (tertiary/aromatic N) is 2. The van der Waals surface area contributed by atoms with E-state index in [1.807, 2.05) is 31.3 Å². The topological polar surface area (TPSA) is 62.4 Å². The van der Waals surface area contributed by atoms with Crippen LogP contribution in [-0.2, 0) is 5.54 Å². The first-order valence-corrected chi connectivity index (χ1v) is 6.12. The molecule has 3 N–H and O–H groups in total. The normalized spacial score (nSPS) is 29.1. The molecule has 0 spiro atoms. The monoisotopic (exact) mass is 235 g/mol. The molecular formula is C13H21N3O. The molecule has 94 valence electrons. The standard InChI is InChI=1S/C13H21N3O/c1-16(2)12-4-3-10(9-15-12)13(14)7-5-11(17)6-8-13/h3-4,9,11,17H,5-8,14H2,1-2H3. The zero-order valence-corrected chi connectivity index (χ0v) is 10.6. The van der Waals surface area contributed by atoms with E-state index in [2.05, 4.69) is 11.1 Å². The van der Waals surface area contributed by atoms with Crippen LogP contribution in [0.3, 0.4) is 0 Å². The molecule has 0 bridgehead atoms. The number of nitrogens with two attached hydrogens (primary N) is 1. The third kappa shape index (κ3) is 2.58. The molecule has 4 nitrogen and oxygen atoms in total. The zero-order valence-electron chi connectivity index (χ0n) is 10.6. The van der Waals surface area contributed by atoms with Crippen molar-refractivity contribution in [1.29, 1.82) is 0 Å². The smallest absolute Gasteiger partial charge is 0.127 e. The quantitative estimate of drug-likeness (QED) is 0.809. The molecule has 4 heteroatoms. The van der Waals surface area contributed by atoms with Gasteiger partial charge in [-0.25, -0.2) is 4.98 Å². The van der Waals surface area contributed by atoms with Gasteiger partial charge >= 0.3 is 0 Å². The van der Waals surface area contributed by atoms with Gasteiger partial charge in [0.2, 0.25) is 0 Å². The maximum atomic E-state index is 9.53. The van der Waals surface area contributed by atoms with Gasteiger partial charge in [-0.3, -0.25) is 0 Å². The average molecular weight is 235 g/mol. The Morgan fingerprint density at radius 1 is 1.35 bits per heavy atom. The van der Waals surface area contributed by atoms with Crippen molar-refractivity contribution in [3.05, 3.63) is 23.9 Å². The van der Waals surface area contributed by atoms with E-state index < -0.39 is 0 Å². The minimum Gasteiger partial charge on any atom is -0.393 e. The van der Waals surface area contributed by atoms with Crippen molar-refractivity contribution in [2.45, 2.75) is 37.3 Å². The van der Waals surface area contributed by atoms with Crippen LogP contribution in [0.15, 0.2) is 18.3 Å². The van der Waals surface area contributed by atoms with E-state index in [0.29, 0.717) is 0 Å². The number of aliphatic hydroxyl groups is 1. The summed E-state index contributed by atoms with van der Waals surface area (Å²) in [6.45, 7) is 0. The number of aromatic nitrogens is 1. The lowest BCUT2D eigenvalue weighted by Crippen LogP contribution is -2.41. The van der Waals surface area contributed by atoms with Crippen molar-refractivity contribution in [3.63, 3.8) is 0 Å². The molecule has 0 unspecified atom stereocenters. The summed E-state index contributed by atoms with van der Waals surface area (Å²) >= 11 is 0. The summed E-state index contributed by atoms with van der Waals surface area (Å²) in [4.78, 5) is 6.37. The summed E-state index contributed by atoms with van der Waals surface area (Å²) < 4.78 is 0. The third-order valence-corrected chi connectivity index (χ3v) is 3.63. The summed E-state index contributed by atoms with van der Waals surface area (Å²) in [7, 11) is 3.94. The SMILES string of the molecule is CN(C)c1ccc(C2(N)CCC(O)CC2)cn1. The van der Waals surface area contributed by atoms with Crippen LogP contribution in [0.5, 0.6) is 0 Å². The Morgan fingerprint density at radius 3 is 2.47 bits per heavy atom. The second-order valence-electron chi connectivity index (χ2n) is 5.19. The summed E-state index contributed by atoms with van der Waals surface area (Å²) in [5, 5.41) is 9.53. The van der Waals surface area contributed by atoms with Crippen LogP contribution in [0.25, 0.3) is 0 Å². The van der Waals surface area contributed by atoms with Gasteiger partial charge in [0.15, 0.2) is 0 Å². The van der Waals surface area contributed by atoms with Crippen LogP contribution >= 0.6 is 0 Å². The predicted octanol–water partition coefficient (Wildman–Crippen LogP) is 1.24. The first-order valence-electron chi connectivity index (χ1n) is 6.12. The largest absolute Gasteiger partial charge is 0.393 e. The number of rotatable bonds is 2. The molecule has 0 atom stereocenters. The van der Waals surface area contributed by atoms with Crippen LogP contribution in [0.4, 0.5) is 5.82 Å². The van der Waals surface area contributed by atoms with Crippen molar-refractivity contribution in [1.82, 2.24) is 4.98 Å². The maximum absolute atomic E-state index is 9.53. The fraction of sp³-hybridized carbons (Fsp3) is 0.615. The number of hydrogen-bond donors (Lipinski definition) is 2. The van der Waals surface area contributed by atoms with Gasteiger partial charge in [0.25, 0.3) is 0 Å². The molecule has 0 aliphatic heterocycles. The highest BCUT2D eigenvalue weighted by atomic mass is 16.3. The molecular weight excluding hydrogens is 214 g/mol. The second-order valence-corrected chi connectivity index (χ2v) is 5.19. The van der Waals surface area contributed by atoms with Gasteiger partial charge in [0.1, 0.15) is 5.82 Å². The van der Waals surface area contributed by atoms with E-state index >= 15 is 0 Å². The molecule has 1 heterocycles. The lowest BCUT2D eigenvalue weighted by atomic mass is 9.77. The van der Waals surface area contributed by atoms with Crippen molar-refractivity contribution in [2.24, 2.45) is 5.73 Å². The molecule has 0 radical (unpaired) electrons. The summed E-state index contributed by atoms with van der Waals surface area (Å²) in [6, 6.07) is 4.05. The Morgan fingerprint density at radius 2 is 2.00 bits per heavy atom. The molecule has 1 fully saturated rings. The number of pyridine rings is 1. The van der Waals surface area contributed by atoms with Crippen molar-refractivity contribution in [2.75, 3.05) is 19.0 Å². The fourth-order valence-corrected chi connectivity index (χ4v) is 2.35. The van der Waals surface area contributed by atoms with Crippen molar-refractivity contribution in [3.8, 4) is 0 Å². The minimum atomic E-state index is -0.308. The molecule has 0 saturated heterocycles. The average Bonchev–Trinajstić information content (AvgIpc) is 2.33. The first kappa shape index (κ1) is 12.3. The van der Waals surface area contributed by atoms with Gasteiger partial charge in [0.05, 0.1) is 6.10 Å². The second kappa shape index (κ2) is 4.63. The molecule has 1 aliphatic rings. The Kier molecular flexibility index (Phi) is 3.35. The van der Waals surface area contributed by atoms with E-state index in [-0.39, 0.29) is 11.6 Å². The summed E-state index contributed by atoms with van der Waals surface area (Å²) in [5.74, 6) is 0.938. The van der Waals surface area contributed by atoms with Crippen molar-refractivity contribution >= 4 is 5.82 Å². The fourth-order valence-electron chi connectivity index (χ4n) is 2.35. The molecule has 17 heavy (non-hydrogen) atoms. The molecule has 1 aromatic heterocycles. The molecule has 1 aromatic rings. The van der Waals surface area contributed by atoms with Crippen LogP contribution in [0.2, 0.25) is 0 Å². The highest BCUT2D eigenvalue weighted by molar-refractivity contribution is 5.38. The highest BCUT2D eigenvalue weighted by Crippen LogP contribution is 2.34. The molecule has 0 amide bonds. The lowest BCUT2D eigenvalue weighted by molar-refractivity contribution is 0.0968. The van der Waals surface area contributed by atoms with Gasteiger partial charge in [-0.15, -0.1) is 0 Å². The number of aliphatic hydroxyl groups excluding tert-OH is 1. The Bertz CT molecular complexity index is 367. The molecule has 0 aromatic carbocycles. The zero-order chi connectivity index (χ0) is 12.5. The van der Waals surface area contributed by atoms with Crippen LogP contribution in [-0.4, -0.2) is 30.3 Å². The Hall–Kier alpha value is -1.13. The maximum Gasteiger partial charge on any atom is 0.127 e. The van der Waals surface area contributed by atoms with E-state index in [1.165, 1.54) is 0 Å². The number of hydrogen-bond acceptors (Lipinski definition) is 4. The van der Waals surface area contributed by atoms with Gasteiger partial charge < -0.3 is 15.7 Å². The van der Waals surface area contributed by atoms with Crippen LogP contribution < -0.4 is 10.6 Å². The molecule has 2 rings (SSSR count). The first-order chi connectivity index (χ1) is 8.01. The minimum absolute atomic E-state index is 0.180. The summed E-state index contributed by atoms with van der Waals surface area (Å²) in [5.41, 5.74) is 7.17. The van der Waals surface area contributed by atoms with Crippen LogP contribution in [0.1, 0.15) is 31.2 Å².